The van der Waals surface area contributed by atoms with E-state index in [2.05, 4.69) is 20.7 Å². The SMILES string of the molecule is Cl.Cn1nc(C2CCNCC2)nc1NC(=O)c1coc2ccccc12. The molecule has 0 aliphatic carbocycles. The molecule has 1 amide bonds. The molecule has 1 aliphatic heterocycles. The average molecular weight is 362 g/mol. The molecule has 2 aromatic heterocycles. The lowest BCUT2D eigenvalue weighted by Crippen LogP contribution is -2.27. The monoisotopic (exact) mass is 361 g/mol. The van der Waals surface area contributed by atoms with Gasteiger partial charge < -0.3 is 9.73 Å². The van der Waals surface area contributed by atoms with Crippen LogP contribution < -0.4 is 10.6 Å². The van der Waals surface area contributed by atoms with E-state index in [-0.39, 0.29) is 18.3 Å². The molecule has 0 atom stereocenters. The number of halogens is 1. The van der Waals surface area contributed by atoms with E-state index in [1.54, 1.807) is 11.7 Å². The van der Waals surface area contributed by atoms with Gasteiger partial charge in [0, 0.05) is 18.4 Å². The molecule has 0 unspecified atom stereocenters. The van der Waals surface area contributed by atoms with Crippen LogP contribution in [-0.2, 0) is 7.05 Å². The summed E-state index contributed by atoms with van der Waals surface area (Å²) in [5, 5.41) is 11.4. The molecule has 4 rings (SSSR count). The Balaban J connectivity index is 0.00000182. The lowest BCUT2D eigenvalue weighted by molar-refractivity contribution is 0.102. The lowest BCUT2D eigenvalue weighted by Gasteiger charge is -2.19. The summed E-state index contributed by atoms with van der Waals surface area (Å²) in [5.74, 6) is 1.36. The Bertz CT molecular complexity index is 882. The number of aromatic nitrogens is 3. The third-order valence-corrected chi connectivity index (χ3v) is 4.43. The number of carbonyl (C=O) groups excluding carboxylic acids is 1. The van der Waals surface area contributed by atoms with Gasteiger partial charge in [-0.05, 0) is 32.0 Å². The quantitative estimate of drug-likeness (QED) is 0.749. The number of hydrogen-bond donors (Lipinski definition) is 2. The first kappa shape index (κ1) is 17.4. The van der Waals surface area contributed by atoms with E-state index in [1.807, 2.05) is 24.3 Å². The molecule has 7 nitrogen and oxygen atoms in total. The minimum absolute atomic E-state index is 0. The maximum absolute atomic E-state index is 12.6. The zero-order valence-corrected chi connectivity index (χ0v) is 14.7. The first-order chi connectivity index (χ1) is 11.7. The molecule has 3 aromatic rings. The molecule has 25 heavy (non-hydrogen) atoms. The number of amides is 1. The Hall–Kier alpha value is -2.38. The standard InChI is InChI=1S/C17H19N5O2.ClH/c1-22-17(19-15(21-22)11-6-8-18-9-7-11)20-16(23)13-10-24-14-5-3-2-4-12(13)14;/h2-5,10-11,18H,6-9H2,1H3,(H,19,20,21,23);1H. The molecule has 0 spiro atoms. The summed E-state index contributed by atoms with van der Waals surface area (Å²) in [6.07, 6.45) is 3.51. The fourth-order valence-electron chi connectivity index (χ4n) is 3.09. The topological polar surface area (TPSA) is 85.0 Å². The molecule has 0 bridgehead atoms. The van der Waals surface area contributed by atoms with Crippen LogP contribution in [0.4, 0.5) is 5.95 Å². The number of piperidine rings is 1. The Labute approximate surface area is 151 Å². The second-order valence-electron chi connectivity index (χ2n) is 6.04. The van der Waals surface area contributed by atoms with Crippen molar-refractivity contribution in [1.82, 2.24) is 20.1 Å². The molecule has 0 saturated carbocycles. The Morgan fingerprint density at radius 2 is 2.08 bits per heavy atom. The predicted octanol–water partition coefficient (Wildman–Crippen LogP) is 2.70. The van der Waals surface area contributed by atoms with Gasteiger partial charge in [-0.2, -0.15) is 10.1 Å². The smallest absolute Gasteiger partial charge is 0.261 e. The van der Waals surface area contributed by atoms with Crippen molar-refractivity contribution in [3.8, 4) is 0 Å². The van der Waals surface area contributed by atoms with E-state index >= 15 is 0 Å². The highest BCUT2D eigenvalue weighted by Gasteiger charge is 2.22. The number of benzene rings is 1. The number of hydrogen-bond acceptors (Lipinski definition) is 5. The number of anilines is 1. The summed E-state index contributed by atoms with van der Waals surface area (Å²) in [6.45, 7) is 1.96. The van der Waals surface area contributed by atoms with Gasteiger partial charge in [-0.3, -0.25) is 10.1 Å². The van der Waals surface area contributed by atoms with E-state index in [9.17, 15) is 4.79 Å². The van der Waals surface area contributed by atoms with Crippen LogP contribution in [0.5, 0.6) is 0 Å². The van der Waals surface area contributed by atoms with Gasteiger partial charge in [-0.25, -0.2) is 4.68 Å². The highest BCUT2D eigenvalue weighted by molar-refractivity contribution is 6.11. The van der Waals surface area contributed by atoms with Crippen molar-refractivity contribution in [3.05, 3.63) is 41.9 Å². The minimum Gasteiger partial charge on any atom is -0.463 e. The first-order valence-corrected chi connectivity index (χ1v) is 8.11. The molecule has 1 fully saturated rings. The van der Waals surface area contributed by atoms with Gasteiger partial charge in [-0.1, -0.05) is 18.2 Å². The number of nitrogens with one attached hydrogen (secondary N) is 2. The summed E-state index contributed by atoms with van der Waals surface area (Å²) >= 11 is 0. The van der Waals surface area contributed by atoms with Gasteiger partial charge in [-0.15, -0.1) is 12.4 Å². The summed E-state index contributed by atoms with van der Waals surface area (Å²) in [7, 11) is 1.79. The number of rotatable bonds is 3. The Morgan fingerprint density at radius 3 is 2.88 bits per heavy atom. The van der Waals surface area contributed by atoms with Crippen LogP contribution in [0.15, 0.2) is 34.9 Å². The fraction of sp³-hybridized carbons (Fsp3) is 0.353. The van der Waals surface area contributed by atoms with E-state index in [0.29, 0.717) is 23.0 Å². The Morgan fingerprint density at radius 1 is 1.32 bits per heavy atom. The zero-order valence-electron chi connectivity index (χ0n) is 13.9. The molecule has 132 valence electrons. The number of aryl methyl sites for hydroxylation is 1. The number of furan rings is 1. The van der Waals surface area contributed by atoms with Gasteiger partial charge in [0.2, 0.25) is 5.95 Å². The van der Waals surface area contributed by atoms with Crippen LogP contribution in [0.1, 0.15) is 34.9 Å². The van der Waals surface area contributed by atoms with Gasteiger partial charge in [0.25, 0.3) is 5.91 Å². The second kappa shape index (κ2) is 7.25. The van der Waals surface area contributed by atoms with E-state index in [0.717, 1.165) is 37.1 Å². The lowest BCUT2D eigenvalue weighted by atomic mass is 9.98. The summed E-state index contributed by atoms with van der Waals surface area (Å²) in [6, 6.07) is 7.46. The normalized spacial score (nSPS) is 15.1. The number of nitrogens with zero attached hydrogens (tertiary/aromatic N) is 3. The molecule has 8 heteroatoms. The van der Waals surface area contributed by atoms with E-state index in [4.69, 9.17) is 4.42 Å². The molecule has 1 saturated heterocycles. The van der Waals surface area contributed by atoms with Crippen molar-refractivity contribution in [2.24, 2.45) is 7.05 Å². The van der Waals surface area contributed by atoms with Crippen molar-refractivity contribution >= 4 is 35.2 Å². The number of para-hydroxylation sites is 1. The average Bonchev–Trinajstić information content (AvgIpc) is 3.20. The van der Waals surface area contributed by atoms with Crippen LogP contribution in [-0.4, -0.2) is 33.8 Å². The zero-order chi connectivity index (χ0) is 16.5. The van der Waals surface area contributed by atoms with Crippen LogP contribution >= 0.6 is 12.4 Å². The number of fused-ring (bicyclic) bond motifs is 1. The molecule has 1 aliphatic rings. The van der Waals surface area contributed by atoms with Gasteiger partial charge >= 0.3 is 0 Å². The molecule has 3 heterocycles. The van der Waals surface area contributed by atoms with E-state index in [1.165, 1.54) is 6.26 Å². The van der Waals surface area contributed by atoms with Crippen molar-refractivity contribution in [1.29, 1.82) is 0 Å². The van der Waals surface area contributed by atoms with Crippen molar-refractivity contribution < 1.29 is 9.21 Å². The molecule has 1 aromatic carbocycles. The van der Waals surface area contributed by atoms with Crippen molar-refractivity contribution in [2.45, 2.75) is 18.8 Å². The van der Waals surface area contributed by atoms with Crippen LogP contribution in [0.25, 0.3) is 11.0 Å². The maximum atomic E-state index is 12.6. The van der Waals surface area contributed by atoms with Gasteiger partial charge in [0.1, 0.15) is 11.8 Å². The highest BCUT2D eigenvalue weighted by Crippen LogP contribution is 2.24. The molecule has 0 radical (unpaired) electrons. The third-order valence-electron chi connectivity index (χ3n) is 4.43. The van der Waals surface area contributed by atoms with Crippen molar-refractivity contribution in [2.75, 3.05) is 18.4 Å². The number of carbonyl (C=O) groups is 1. The van der Waals surface area contributed by atoms with Crippen LogP contribution in [0, 0.1) is 0 Å². The van der Waals surface area contributed by atoms with Crippen molar-refractivity contribution in [3.63, 3.8) is 0 Å². The fourth-order valence-corrected chi connectivity index (χ4v) is 3.09. The predicted molar refractivity (Wildman–Crippen MR) is 97.3 cm³/mol. The summed E-state index contributed by atoms with van der Waals surface area (Å²) in [5.41, 5.74) is 1.19. The first-order valence-electron chi connectivity index (χ1n) is 8.11. The Kier molecular flexibility index (Phi) is 5.06. The minimum atomic E-state index is -0.243. The summed E-state index contributed by atoms with van der Waals surface area (Å²) in [4.78, 5) is 17.1. The third kappa shape index (κ3) is 3.38. The van der Waals surface area contributed by atoms with E-state index < -0.39 is 0 Å². The molecular formula is C17H20ClN5O2. The summed E-state index contributed by atoms with van der Waals surface area (Å²) < 4.78 is 7.05. The maximum Gasteiger partial charge on any atom is 0.261 e. The van der Waals surface area contributed by atoms with Crippen LogP contribution in [0.2, 0.25) is 0 Å². The van der Waals surface area contributed by atoms with Gasteiger partial charge in [0.15, 0.2) is 5.82 Å². The van der Waals surface area contributed by atoms with Crippen LogP contribution in [0.3, 0.4) is 0 Å². The largest absolute Gasteiger partial charge is 0.463 e. The highest BCUT2D eigenvalue weighted by atomic mass is 35.5. The second-order valence-corrected chi connectivity index (χ2v) is 6.04. The molecular weight excluding hydrogens is 342 g/mol. The van der Waals surface area contributed by atoms with Gasteiger partial charge in [0.05, 0.1) is 5.56 Å². The molecule has 2 N–H and O–H groups in total.